The minimum Gasteiger partial charge on any atom is -0.387 e. The second-order valence-corrected chi connectivity index (χ2v) is 7.12. The van der Waals surface area contributed by atoms with Crippen LogP contribution in [0, 0.1) is 0 Å². The molecular weight excluding hydrogens is 374 g/mol. The highest BCUT2D eigenvalue weighted by molar-refractivity contribution is 7.13. The number of rotatable bonds is 5. The maximum atomic E-state index is 12.8. The topological polar surface area (TPSA) is 77.1 Å². The molecule has 7 heteroatoms. The quantitative estimate of drug-likeness (QED) is 0.546. The average molecular weight is 391 g/mol. The van der Waals surface area contributed by atoms with Crippen LogP contribution in [0.1, 0.15) is 13.0 Å². The Bertz CT molecular complexity index is 1150. The number of benzene rings is 2. The Morgan fingerprint density at radius 1 is 1.07 bits per heavy atom. The molecule has 0 fully saturated rings. The third kappa shape index (κ3) is 3.52. The van der Waals surface area contributed by atoms with E-state index in [1.165, 1.54) is 11.3 Å². The highest BCUT2D eigenvalue weighted by Gasteiger charge is 2.22. The van der Waals surface area contributed by atoms with E-state index in [2.05, 4.69) is 10.4 Å². The van der Waals surface area contributed by atoms with Gasteiger partial charge in [0, 0.05) is 11.3 Å². The largest absolute Gasteiger partial charge is 0.438 e. The standard InChI is InChI=1S/C21H17N3O3S/c1-14(24-21(26)27-20(23-24)18-12-7-13-28-18)19(25)22-17-11-6-5-10-16(17)15-8-3-2-4-9-15/h2-14H,1H3,(H,22,25)/t14-/m0/s1. The van der Waals surface area contributed by atoms with Gasteiger partial charge in [-0.05, 0) is 30.0 Å². The van der Waals surface area contributed by atoms with E-state index in [1.807, 2.05) is 66.0 Å². The molecule has 1 N–H and O–H groups in total. The van der Waals surface area contributed by atoms with Gasteiger partial charge in [0.25, 0.3) is 5.89 Å². The van der Waals surface area contributed by atoms with Crippen molar-refractivity contribution in [1.82, 2.24) is 9.78 Å². The molecule has 0 spiro atoms. The predicted molar refractivity (Wildman–Crippen MR) is 109 cm³/mol. The Balaban J connectivity index is 1.59. The SMILES string of the molecule is C[C@@H](C(=O)Nc1ccccc1-c1ccccc1)n1nc(-c2cccs2)oc1=O. The van der Waals surface area contributed by atoms with Crippen molar-refractivity contribution in [1.29, 1.82) is 0 Å². The number of nitrogens with zero attached hydrogens (tertiary/aromatic N) is 2. The number of anilines is 1. The van der Waals surface area contributed by atoms with Gasteiger partial charge in [0.15, 0.2) is 0 Å². The predicted octanol–water partition coefficient (Wildman–Crippen LogP) is 4.43. The molecular formula is C21H17N3O3S. The lowest BCUT2D eigenvalue weighted by molar-refractivity contribution is -0.119. The van der Waals surface area contributed by atoms with Crippen molar-refractivity contribution in [3.05, 3.63) is 82.7 Å². The van der Waals surface area contributed by atoms with Crippen molar-refractivity contribution >= 4 is 22.9 Å². The summed E-state index contributed by atoms with van der Waals surface area (Å²) in [5, 5.41) is 8.95. The van der Waals surface area contributed by atoms with E-state index in [9.17, 15) is 9.59 Å². The van der Waals surface area contributed by atoms with E-state index in [0.29, 0.717) is 5.69 Å². The summed E-state index contributed by atoms with van der Waals surface area (Å²) in [6.07, 6.45) is 0. The van der Waals surface area contributed by atoms with E-state index in [0.717, 1.165) is 20.7 Å². The van der Waals surface area contributed by atoms with Crippen molar-refractivity contribution in [2.24, 2.45) is 0 Å². The van der Waals surface area contributed by atoms with Gasteiger partial charge in [-0.15, -0.1) is 16.4 Å². The average Bonchev–Trinajstić information content (AvgIpc) is 3.38. The number of hydrogen-bond donors (Lipinski definition) is 1. The zero-order chi connectivity index (χ0) is 19.5. The van der Waals surface area contributed by atoms with Gasteiger partial charge in [-0.25, -0.2) is 4.79 Å². The van der Waals surface area contributed by atoms with Gasteiger partial charge in [0.2, 0.25) is 5.91 Å². The summed E-state index contributed by atoms with van der Waals surface area (Å²) in [5.74, 6) is -0.803. The first kappa shape index (κ1) is 17.9. The molecule has 0 aliphatic rings. The van der Waals surface area contributed by atoms with Crippen LogP contribution in [0.3, 0.4) is 0 Å². The van der Waals surface area contributed by atoms with Crippen LogP contribution < -0.4 is 11.1 Å². The van der Waals surface area contributed by atoms with Crippen LogP contribution in [0.25, 0.3) is 21.9 Å². The van der Waals surface area contributed by atoms with Gasteiger partial charge >= 0.3 is 5.76 Å². The lowest BCUT2D eigenvalue weighted by atomic mass is 10.0. The van der Waals surface area contributed by atoms with Gasteiger partial charge in [-0.2, -0.15) is 4.68 Å². The fourth-order valence-corrected chi connectivity index (χ4v) is 3.49. The summed E-state index contributed by atoms with van der Waals surface area (Å²) in [7, 11) is 0. The fraction of sp³-hybridized carbons (Fsp3) is 0.0952. The second kappa shape index (κ2) is 7.66. The van der Waals surface area contributed by atoms with Crippen molar-refractivity contribution in [3.63, 3.8) is 0 Å². The smallest absolute Gasteiger partial charge is 0.387 e. The number of nitrogens with one attached hydrogen (secondary N) is 1. The Morgan fingerprint density at radius 2 is 1.82 bits per heavy atom. The van der Waals surface area contributed by atoms with E-state index in [4.69, 9.17) is 4.42 Å². The minimum absolute atomic E-state index is 0.212. The molecule has 2 heterocycles. The zero-order valence-corrected chi connectivity index (χ0v) is 15.8. The molecule has 4 rings (SSSR count). The molecule has 0 saturated carbocycles. The number of hydrogen-bond acceptors (Lipinski definition) is 5. The highest BCUT2D eigenvalue weighted by atomic mass is 32.1. The second-order valence-electron chi connectivity index (χ2n) is 6.17. The zero-order valence-electron chi connectivity index (χ0n) is 15.0. The summed E-state index contributed by atoms with van der Waals surface area (Å²) in [5.41, 5.74) is 2.56. The first-order chi connectivity index (χ1) is 13.6. The van der Waals surface area contributed by atoms with Crippen LogP contribution >= 0.6 is 11.3 Å². The van der Waals surface area contributed by atoms with E-state index in [-0.39, 0.29) is 11.8 Å². The van der Waals surface area contributed by atoms with Crippen molar-refractivity contribution < 1.29 is 9.21 Å². The lowest BCUT2D eigenvalue weighted by Gasteiger charge is -2.14. The maximum Gasteiger partial charge on any atom is 0.438 e. The molecule has 0 aliphatic carbocycles. The molecule has 140 valence electrons. The Hall–Kier alpha value is -3.45. The Kier molecular flexibility index (Phi) is 4.90. The monoisotopic (exact) mass is 391 g/mol. The molecule has 2 aromatic heterocycles. The summed E-state index contributed by atoms with van der Waals surface area (Å²) in [4.78, 5) is 25.7. The summed E-state index contributed by atoms with van der Waals surface area (Å²) < 4.78 is 6.27. The highest BCUT2D eigenvalue weighted by Crippen LogP contribution is 2.28. The molecule has 6 nitrogen and oxygen atoms in total. The van der Waals surface area contributed by atoms with Gasteiger partial charge in [0.05, 0.1) is 4.88 Å². The normalized spacial score (nSPS) is 11.9. The molecule has 2 aromatic carbocycles. The van der Waals surface area contributed by atoms with Crippen molar-refractivity contribution in [2.75, 3.05) is 5.32 Å². The third-order valence-corrected chi connectivity index (χ3v) is 5.18. The number of carbonyl (C=O) groups is 1. The first-order valence-electron chi connectivity index (χ1n) is 8.72. The van der Waals surface area contributed by atoms with Crippen LogP contribution in [0.2, 0.25) is 0 Å². The van der Waals surface area contributed by atoms with Crippen LogP contribution in [0.15, 0.2) is 81.3 Å². The molecule has 1 atom stereocenters. The van der Waals surface area contributed by atoms with Crippen molar-refractivity contribution in [2.45, 2.75) is 13.0 Å². The van der Waals surface area contributed by atoms with Gasteiger partial charge in [-0.1, -0.05) is 54.6 Å². The van der Waals surface area contributed by atoms with E-state index in [1.54, 1.807) is 13.0 Å². The molecule has 0 aliphatic heterocycles. The van der Waals surface area contributed by atoms with Crippen molar-refractivity contribution in [3.8, 4) is 21.9 Å². The Morgan fingerprint density at radius 3 is 2.57 bits per heavy atom. The first-order valence-corrected chi connectivity index (χ1v) is 9.60. The molecule has 0 saturated heterocycles. The maximum absolute atomic E-state index is 12.8. The summed E-state index contributed by atoms with van der Waals surface area (Å²) in [6.45, 7) is 1.61. The van der Waals surface area contributed by atoms with Crippen LogP contribution in [-0.4, -0.2) is 15.7 Å². The number of para-hydroxylation sites is 1. The molecule has 0 unspecified atom stereocenters. The number of thiophene rings is 1. The van der Waals surface area contributed by atoms with E-state index >= 15 is 0 Å². The lowest BCUT2D eigenvalue weighted by Crippen LogP contribution is -2.30. The third-order valence-electron chi connectivity index (χ3n) is 4.32. The minimum atomic E-state index is -0.825. The summed E-state index contributed by atoms with van der Waals surface area (Å²) in [6, 6.07) is 20.1. The summed E-state index contributed by atoms with van der Waals surface area (Å²) >= 11 is 1.41. The molecule has 0 bridgehead atoms. The van der Waals surface area contributed by atoms with E-state index < -0.39 is 11.8 Å². The molecule has 1 amide bonds. The Labute approximate surface area is 165 Å². The van der Waals surface area contributed by atoms with Gasteiger partial charge in [-0.3, -0.25) is 4.79 Å². The molecule has 0 radical (unpaired) electrons. The van der Waals surface area contributed by atoms with Gasteiger partial charge < -0.3 is 9.73 Å². The molecule has 4 aromatic rings. The fourth-order valence-electron chi connectivity index (χ4n) is 2.84. The van der Waals surface area contributed by atoms with Crippen LogP contribution in [0.4, 0.5) is 5.69 Å². The number of amides is 1. The van der Waals surface area contributed by atoms with Crippen LogP contribution in [-0.2, 0) is 4.79 Å². The van der Waals surface area contributed by atoms with Gasteiger partial charge in [0.1, 0.15) is 6.04 Å². The number of aromatic nitrogens is 2. The molecule has 28 heavy (non-hydrogen) atoms. The number of carbonyl (C=O) groups excluding carboxylic acids is 1. The van der Waals surface area contributed by atoms with Crippen LogP contribution in [0.5, 0.6) is 0 Å².